The van der Waals surface area contributed by atoms with Crippen molar-refractivity contribution in [1.29, 1.82) is 0 Å². The molecule has 0 rings (SSSR count). The van der Waals surface area contributed by atoms with Crippen LogP contribution in [0.1, 0.15) is 13.8 Å². The van der Waals surface area contributed by atoms with Gasteiger partial charge in [0.2, 0.25) is 0 Å². The maximum atomic E-state index is 10.5. The summed E-state index contributed by atoms with van der Waals surface area (Å²) in [7, 11) is -9.72. The Morgan fingerprint density at radius 3 is 1.66 bits per heavy atom. The van der Waals surface area contributed by atoms with E-state index in [1.807, 2.05) is 0 Å². The molecule has 0 aromatic heterocycles. The third-order valence-corrected chi connectivity index (χ3v) is 3.03. The van der Waals surface area contributed by atoms with Crippen molar-refractivity contribution < 1.29 is 87.3 Å². The lowest BCUT2D eigenvalue weighted by Crippen LogP contribution is -2.35. The minimum atomic E-state index is -5.05. The summed E-state index contributed by atoms with van der Waals surface area (Å²) >= 11 is 0. The highest BCUT2D eigenvalue weighted by Gasteiger charge is 2.24. The summed E-state index contributed by atoms with van der Waals surface area (Å²) in [4.78, 5) is 83.1. The number of aldehydes is 1. The Morgan fingerprint density at radius 1 is 1.06 bits per heavy atom. The summed E-state index contributed by atoms with van der Waals surface area (Å²) in [5, 5.41) is 38.9. The van der Waals surface area contributed by atoms with Crippen molar-refractivity contribution in [3.05, 3.63) is 0 Å². The van der Waals surface area contributed by atoms with Gasteiger partial charge in [-0.3, -0.25) is 14.1 Å². The SMILES string of the molecule is CC(=O)C(=O)[OH2+].CC(=O)[C@@H](O)[C@H](O)COP(=O)(O)O.O=C[C@H](O)COP(=O)([O-])[O-].O=[C+]O. The van der Waals surface area contributed by atoms with Crippen molar-refractivity contribution in [3.63, 3.8) is 0 Å². The standard InChI is InChI=1S/C5H11O7P.C3H7O6P.C3H4O3.CHO2/c1-3(6)5(8)4(7)2-12-13(9,10)11;4-1-3(5)2-9-10(6,7)8;1-2(4)3(5)6;2-1-3/h4-5,7-8H,2H2,1H3,(H2,9,10,11);1,3,5H,2H2,(H2,6,7,8);1H3,(H,5,6);(H,2,3)/q;;;+1/p-1/t4-,5-;3-;;/m10../s1. The zero-order chi connectivity index (χ0) is 26.7. The predicted molar refractivity (Wildman–Crippen MR) is 93.9 cm³/mol. The van der Waals surface area contributed by atoms with E-state index in [0.29, 0.717) is 6.47 Å². The molecule has 0 unspecified atom stereocenters. The zero-order valence-electron chi connectivity index (χ0n) is 16.3. The van der Waals surface area contributed by atoms with Crippen molar-refractivity contribution in [2.24, 2.45) is 0 Å². The minimum absolute atomic E-state index is 0.0651. The molecular weight excluding hydrogens is 494 g/mol. The highest BCUT2D eigenvalue weighted by molar-refractivity contribution is 7.46. The fraction of sp³-hybridized carbons (Fsp3) is 0.583. The number of carbonyl (C=O) groups is 4. The average molecular weight is 516 g/mol. The van der Waals surface area contributed by atoms with E-state index >= 15 is 0 Å². The number of aliphatic hydroxyl groups excluding tert-OH is 4. The van der Waals surface area contributed by atoms with E-state index in [1.54, 1.807) is 0 Å². The number of hydrogen-bond acceptors (Lipinski definition) is 14. The van der Waals surface area contributed by atoms with Crippen LogP contribution >= 0.6 is 15.6 Å². The first-order chi connectivity index (χ1) is 14.2. The topological polar surface area (TPSA) is 328 Å². The molecule has 8 N–H and O–H groups in total. The first-order valence-electron chi connectivity index (χ1n) is 7.40. The fourth-order valence-electron chi connectivity index (χ4n) is 0.742. The molecule has 32 heavy (non-hydrogen) atoms. The van der Waals surface area contributed by atoms with Crippen molar-refractivity contribution >= 4 is 45.9 Å². The van der Waals surface area contributed by atoms with Crippen molar-refractivity contribution in [2.45, 2.75) is 32.2 Å². The third kappa shape index (κ3) is 35.4. The molecule has 188 valence electrons. The molecule has 0 spiro atoms. The van der Waals surface area contributed by atoms with E-state index in [2.05, 4.69) is 9.05 Å². The van der Waals surface area contributed by atoms with Gasteiger partial charge in [-0.25, -0.2) is 9.67 Å². The number of Topliss-reactive ketones (excluding diaryl/α,β-unsaturated/α-hetero) is 2. The highest BCUT2D eigenvalue weighted by Crippen LogP contribution is 2.35. The van der Waals surface area contributed by atoms with Crippen LogP contribution in [0.15, 0.2) is 0 Å². The van der Waals surface area contributed by atoms with E-state index in [9.17, 15) is 38.1 Å². The molecule has 0 amide bonds. The Hall–Kier alpha value is -2.04. The van der Waals surface area contributed by atoms with Gasteiger partial charge in [0.1, 0.15) is 18.3 Å². The summed E-state index contributed by atoms with van der Waals surface area (Å²) in [5.41, 5.74) is 0. The number of aliphatic hydroxyl groups is 3. The lowest BCUT2D eigenvalue weighted by Gasteiger charge is -2.28. The van der Waals surface area contributed by atoms with E-state index in [4.69, 9.17) is 40.1 Å². The van der Waals surface area contributed by atoms with E-state index in [1.165, 1.54) is 0 Å². The van der Waals surface area contributed by atoms with Gasteiger partial charge in [-0.2, -0.15) is 0 Å². The normalized spacial score (nSPS) is 13.0. The molecule has 20 heteroatoms. The average Bonchev–Trinajstić information content (AvgIpc) is 2.63. The fourth-order valence-corrected chi connectivity index (χ4v) is 1.42. The van der Waals surface area contributed by atoms with Crippen LogP contribution in [0.3, 0.4) is 0 Å². The van der Waals surface area contributed by atoms with Gasteiger partial charge in [0, 0.05) is 6.92 Å². The highest BCUT2D eigenvalue weighted by atomic mass is 31.2. The molecule has 3 atom stereocenters. The quantitative estimate of drug-likeness (QED) is 0.0517. The maximum absolute atomic E-state index is 10.5. The van der Waals surface area contributed by atoms with Crippen molar-refractivity contribution in [1.82, 2.24) is 0 Å². The molecule has 0 bridgehead atoms. The molecule has 0 saturated heterocycles. The second-order valence-electron chi connectivity index (χ2n) is 4.83. The molecule has 0 aliphatic rings. The van der Waals surface area contributed by atoms with Gasteiger partial charge >= 0.3 is 20.3 Å². The lowest BCUT2D eigenvalue weighted by atomic mass is 10.1. The van der Waals surface area contributed by atoms with Gasteiger partial charge in [-0.05, 0) is 6.92 Å². The number of hydrogen-bond donors (Lipinski definition) is 6. The summed E-state index contributed by atoms with van der Waals surface area (Å²) in [6, 6.07) is 0. The maximum Gasteiger partial charge on any atom is 0.794 e. The number of phosphoric ester groups is 2. The van der Waals surface area contributed by atoms with Crippen molar-refractivity contribution in [3.8, 4) is 0 Å². The van der Waals surface area contributed by atoms with E-state index in [0.717, 1.165) is 13.8 Å². The first-order valence-corrected chi connectivity index (χ1v) is 10.4. The van der Waals surface area contributed by atoms with Gasteiger partial charge < -0.3 is 53.9 Å². The molecule has 0 aliphatic heterocycles. The first kappa shape index (κ1) is 37.3. The Balaban J connectivity index is -0.000000182. The molecule has 0 fully saturated rings. The monoisotopic (exact) mass is 516 g/mol. The van der Waals surface area contributed by atoms with Crippen molar-refractivity contribution in [2.75, 3.05) is 13.2 Å². The Bertz CT molecular complexity index is 653. The molecule has 0 heterocycles. The molecule has 0 aromatic rings. The number of carbonyl (C=O) groups excluding carboxylic acids is 4. The van der Waals surface area contributed by atoms with Gasteiger partial charge in [-0.15, -0.1) is 0 Å². The van der Waals surface area contributed by atoms with E-state index in [-0.39, 0.29) is 6.29 Å². The van der Waals surface area contributed by atoms with Gasteiger partial charge in [0.05, 0.1) is 30.6 Å². The molecule has 0 saturated carbocycles. The number of ketones is 2. The summed E-state index contributed by atoms with van der Waals surface area (Å²) < 4.78 is 27.2. The van der Waals surface area contributed by atoms with Crippen LogP contribution in [-0.2, 0) is 42.2 Å². The Labute approximate surface area is 179 Å². The second-order valence-corrected chi connectivity index (χ2v) is 7.22. The minimum Gasteiger partial charge on any atom is -0.790 e. The predicted octanol–water partition coefficient (Wildman–Crippen LogP) is -5.76. The molecular formula is C12H22O18P2. The third-order valence-electron chi connectivity index (χ3n) is 2.07. The molecule has 0 aliphatic carbocycles. The van der Waals surface area contributed by atoms with Crippen LogP contribution in [-0.4, -0.2) is 97.1 Å². The summed E-state index contributed by atoms with van der Waals surface area (Å²) in [6.07, 6.45) is -4.82. The Kier molecular flexibility index (Phi) is 22.9. The van der Waals surface area contributed by atoms with Gasteiger partial charge in [0.15, 0.2) is 12.1 Å². The Morgan fingerprint density at radius 2 is 1.44 bits per heavy atom. The smallest absolute Gasteiger partial charge is 0.790 e. The second kappa shape index (κ2) is 19.6. The zero-order valence-corrected chi connectivity index (χ0v) is 18.1. The van der Waals surface area contributed by atoms with Crippen LogP contribution in [0.2, 0.25) is 0 Å². The summed E-state index contributed by atoms with van der Waals surface area (Å²) in [5.74, 6) is -2.55. The van der Waals surface area contributed by atoms with Crippen LogP contribution in [0, 0.1) is 0 Å². The molecule has 18 nitrogen and oxygen atoms in total. The number of rotatable bonds is 10. The van der Waals surface area contributed by atoms with Crippen LogP contribution < -0.4 is 9.79 Å². The molecule has 0 radical (unpaired) electrons. The van der Waals surface area contributed by atoms with E-state index < -0.39 is 64.7 Å². The summed E-state index contributed by atoms with van der Waals surface area (Å²) in [6.45, 7) is 0.986. The van der Waals surface area contributed by atoms with Crippen LogP contribution in [0.5, 0.6) is 0 Å². The molecule has 0 aromatic carbocycles. The lowest BCUT2D eigenvalue weighted by molar-refractivity contribution is -0.342. The van der Waals surface area contributed by atoms with Crippen LogP contribution in [0.4, 0.5) is 0 Å². The largest absolute Gasteiger partial charge is 0.794 e. The number of phosphoric acid groups is 2. The van der Waals surface area contributed by atoms with Crippen LogP contribution in [0.25, 0.3) is 0 Å². The van der Waals surface area contributed by atoms with Gasteiger partial charge in [0.25, 0.3) is 5.78 Å². The van der Waals surface area contributed by atoms with Gasteiger partial charge in [-0.1, -0.05) is 0 Å².